The van der Waals surface area contributed by atoms with Gasteiger partial charge in [-0.15, -0.1) is 11.3 Å². The number of carbonyl (C=O) groups excluding carboxylic acids is 1. The van der Waals surface area contributed by atoms with Gasteiger partial charge >= 0.3 is 0 Å². The summed E-state index contributed by atoms with van der Waals surface area (Å²) in [7, 11) is 0. The van der Waals surface area contributed by atoms with E-state index in [1.807, 2.05) is 24.3 Å². The lowest BCUT2D eigenvalue weighted by Gasteiger charge is -2.23. The molecule has 0 radical (unpaired) electrons. The number of carbonyl (C=O) groups is 1. The topological polar surface area (TPSA) is 86.5 Å². The monoisotopic (exact) mass is 347 g/mol. The van der Waals surface area contributed by atoms with Gasteiger partial charge < -0.3 is 20.5 Å². The van der Waals surface area contributed by atoms with E-state index in [0.717, 1.165) is 24.5 Å². The largest absolute Gasteiger partial charge is 0.489 e. The molecule has 2 aromatic rings. The number of hydrogen-bond donors (Lipinski definition) is 2. The van der Waals surface area contributed by atoms with E-state index in [1.54, 1.807) is 5.38 Å². The smallest absolute Gasteiger partial charge is 0.275 e. The second-order valence-electron chi connectivity index (χ2n) is 5.58. The van der Waals surface area contributed by atoms with Crippen molar-refractivity contribution < 1.29 is 14.3 Å². The van der Waals surface area contributed by atoms with Crippen LogP contribution in [0.4, 0.5) is 5.69 Å². The molecule has 1 fully saturated rings. The van der Waals surface area contributed by atoms with Crippen LogP contribution in [-0.4, -0.2) is 30.2 Å². The summed E-state index contributed by atoms with van der Waals surface area (Å²) in [6.45, 7) is 1.61. The standard InChI is InChI=1S/C17H21N3O3S/c18-9-16-19-14(11-24-16)17(21)20-13-6-1-2-7-15(13)23-10-12-5-3-4-8-22-12/h1-2,6-7,11-12H,3-5,8-10,18H2,(H,20,21). The number of thiazole rings is 1. The fourth-order valence-corrected chi connectivity index (χ4v) is 3.17. The lowest BCUT2D eigenvalue weighted by molar-refractivity contribution is -0.0109. The molecule has 6 nitrogen and oxygen atoms in total. The third-order valence-electron chi connectivity index (χ3n) is 3.79. The Kier molecular flexibility index (Phi) is 5.79. The van der Waals surface area contributed by atoms with Crippen LogP contribution in [0, 0.1) is 0 Å². The number of amides is 1. The molecular formula is C17H21N3O3S. The predicted molar refractivity (Wildman–Crippen MR) is 93.5 cm³/mol. The maximum atomic E-state index is 12.3. The number of rotatable bonds is 6. The minimum Gasteiger partial charge on any atom is -0.489 e. The van der Waals surface area contributed by atoms with Crippen molar-refractivity contribution in [2.45, 2.75) is 31.9 Å². The molecule has 1 amide bonds. The summed E-state index contributed by atoms with van der Waals surface area (Å²) < 4.78 is 11.5. The van der Waals surface area contributed by atoms with E-state index in [-0.39, 0.29) is 12.0 Å². The number of anilines is 1. The summed E-state index contributed by atoms with van der Waals surface area (Å²) in [5.41, 5.74) is 6.53. The first-order valence-corrected chi connectivity index (χ1v) is 8.93. The van der Waals surface area contributed by atoms with E-state index in [0.29, 0.717) is 30.3 Å². The van der Waals surface area contributed by atoms with Gasteiger partial charge in [0.1, 0.15) is 23.1 Å². The molecule has 7 heteroatoms. The highest BCUT2D eigenvalue weighted by atomic mass is 32.1. The van der Waals surface area contributed by atoms with Crippen LogP contribution in [0.5, 0.6) is 5.75 Å². The number of nitrogens with one attached hydrogen (secondary N) is 1. The van der Waals surface area contributed by atoms with Crippen LogP contribution in [0.2, 0.25) is 0 Å². The number of para-hydroxylation sites is 2. The minimum atomic E-state index is -0.268. The molecular weight excluding hydrogens is 326 g/mol. The molecule has 1 unspecified atom stereocenters. The van der Waals surface area contributed by atoms with Gasteiger partial charge in [-0.3, -0.25) is 4.79 Å². The zero-order valence-corrected chi connectivity index (χ0v) is 14.2. The fourth-order valence-electron chi connectivity index (χ4n) is 2.51. The Morgan fingerprint density at radius 1 is 1.42 bits per heavy atom. The van der Waals surface area contributed by atoms with Gasteiger partial charge in [0.05, 0.1) is 11.8 Å². The van der Waals surface area contributed by atoms with Crippen LogP contribution in [-0.2, 0) is 11.3 Å². The summed E-state index contributed by atoms with van der Waals surface area (Å²) in [5, 5.41) is 5.29. The molecule has 3 rings (SSSR count). The van der Waals surface area contributed by atoms with Crippen LogP contribution >= 0.6 is 11.3 Å². The first-order valence-electron chi connectivity index (χ1n) is 8.05. The Morgan fingerprint density at radius 3 is 3.04 bits per heavy atom. The van der Waals surface area contributed by atoms with Crippen LogP contribution < -0.4 is 15.8 Å². The highest BCUT2D eigenvalue weighted by molar-refractivity contribution is 7.09. The number of hydrogen-bond acceptors (Lipinski definition) is 6. The molecule has 24 heavy (non-hydrogen) atoms. The zero-order chi connectivity index (χ0) is 16.8. The van der Waals surface area contributed by atoms with E-state index in [4.69, 9.17) is 15.2 Å². The van der Waals surface area contributed by atoms with Crippen molar-refractivity contribution in [1.82, 2.24) is 4.98 Å². The lowest BCUT2D eigenvalue weighted by Crippen LogP contribution is -2.26. The molecule has 0 spiro atoms. The second-order valence-corrected chi connectivity index (χ2v) is 6.52. The van der Waals surface area contributed by atoms with Crippen LogP contribution in [0.1, 0.15) is 34.8 Å². The molecule has 1 aliphatic rings. The molecule has 1 saturated heterocycles. The Hall–Kier alpha value is -1.96. The number of nitrogens with zero attached hydrogens (tertiary/aromatic N) is 1. The molecule has 0 aliphatic carbocycles. The van der Waals surface area contributed by atoms with Gasteiger partial charge in [0.15, 0.2) is 0 Å². The number of ether oxygens (including phenoxy) is 2. The maximum absolute atomic E-state index is 12.3. The molecule has 128 valence electrons. The average molecular weight is 347 g/mol. The molecule has 0 saturated carbocycles. The van der Waals surface area contributed by atoms with Crippen molar-refractivity contribution in [2.75, 3.05) is 18.5 Å². The van der Waals surface area contributed by atoms with Crippen LogP contribution in [0.25, 0.3) is 0 Å². The van der Waals surface area contributed by atoms with Gasteiger partial charge in [0.2, 0.25) is 0 Å². The summed E-state index contributed by atoms with van der Waals surface area (Å²) in [4.78, 5) is 16.5. The van der Waals surface area contributed by atoms with Crippen LogP contribution in [0.15, 0.2) is 29.6 Å². The maximum Gasteiger partial charge on any atom is 0.275 e. The SMILES string of the molecule is NCc1nc(C(=O)Nc2ccccc2OCC2CCCCO2)cs1. The fraction of sp³-hybridized carbons (Fsp3) is 0.412. The van der Waals surface area contributed by atoms with Crippen molar-refractivity contribution in [2.24, 2.45) is 5.73 Å². The van der Waals surface area contributed by atoms with E-state index in [9.17, 15) is 4.79 Å². The van der Waals surface area contributed by atoms with Gasteiger partial charge in [0.25, 0.3) is 5.91 Å². The normalized spacial score (nSPS) is 17.5. The lowest BCUT2D eigenvalue weighted by atomic mass is 10.1. The first kappa shape index (κ1) is 16.9. The Labute approximate surface area is 145 Å². The predicted octanol–water partition coefficient (Wildman–Crippen LogP) is 2.80. The Morgan fingerprint density at radius 2 is 2.29 bits per heavy atom. The van der Waals surface area contributed by atoms with Gasteiger partial charge in [-0.1, -0.05) is 12.1 Å². The van der Waals surface area contributed by atoms with Gasteiger partial charge in [-0.05, 0) is 31.4 Å². The van der Waals surface area contributed by atoms with Crippen molar-refractivity contribution in [3.05, 3.63) is 40.3 Å². The molecule has 1 aromatic heterocycles. The molecule has 1 aromatic carbocycles. The van der Waals surface area contributed by atoms with Crippen molar-refractivity contribution in [3.8, 4) is 5.75 Å². The first-order chi connectivity index (χ1) is 11.8. The number of benzene rings is 1. The van der Waals surface area contributed by atoms with Crippen LogP contribution in [0.3, 0.4) is 0 Å². The average Bonchev–Trinajstić information content (AvgIpc) is 3.11. The Bertz CT molecular complexity index is 683. The minimum absolute atomic E-state index is 0.119. The van der Waals surface area contributed by atoms with E-state index >= 15 is 0 Å². The number of aromatic nitrogens is 1. The van der Waals surface area contributed by atoms with Crippen molar-refractivity contribution in [1.29, 1.82) is 0 Å². The quantitative estimate of drug-likeness (QED) is 0.839. The third-order valence-corrected chi connectivity index (χ3v) is 4.66. The summed E-state index contributed by atoms with van der Waals surface area (Å²) >= 11 is 1.38. The Balaban J connectivity index is 1.63. The molecule has 1 atom stereocenters. The third kappa shape index (κ3) is 4.31. The second kappa shape index (κ2) is 8.23. The molecule has 0 bridgehead atoms. The molecule has 1 aliphatic heterocycles. The van der Waals surface area contributed by atoms with Gasteiger partial charge in [0, 0.05) is 18.5 Å². The molecule has 2 heterocycles. The number of nitrogens with two attached hydrogens (primary N) is 1. The van der Waals surface area contributed by atoms with Crippen molar-refractivity contribution in [3.63, 3.8) is 0 Å². The summed E-state index contributed by atoms with van der Waals surface area (Å²) in [6, 6.07) is 7.38. The summed E-state index contributed by atoms with van der Waals surface area (Å²) in [6.07, 6.45) is 3.41. The molecule has 3 N–H and O–H groups in total. The van der Waals surface area contributed by atoms with Gasteiger partial charge in [-0.25, -0.2) is 4.98 Å². The zero-order valence-electron chi connectivity index (χ0n) is 13.4. The van der Waals surface area contributed by atoms with Gasteiger partial charge in [-0.2, -0.15) is 0 Å². The van der Waals surface area contributed by atoms with E-state index in [1.165, 1.54) is 17.8 Å². The summed E-state index contributed by atoms with van der Waals surface area (Å²) in [5.74, 6) is 0.366. The van der Waals surface area contributed by atoms with E-state index in [2.05, 4.69) is 10.3 Å². The highest BCUT2D eigenvalue weighted by Gasteiger charge is 2.17. The highest BCUT2D eigenvalue weighted by Crippen LogP contribution is 2.25. The van der Waals surface area contributed by atoms with E-state index < -0.39 is 0 Å². The van der Waals surface area contributed by atoms with Crippen molar-refractivity contribution >= 4 is 22.9 Å².